The molecular weight excluding hydrogens is 220 g/mol. The average Bonchev–Trinajstić information content (AvgIpc) is 2.70. The molecule has 1 saturated heterocycles. The van der Waals surface area contributed by atoms with Crippen molar-refractivity contribution in [2.24, 2.45) is 5.73 Å². The lowest BCUT2D eigenvalue weighted by atomic mass is 10.0. The van der Waals surface area contributed by atoms with E-state index >= 15 is 0 Å². The molecule has 1 heterocycles. The third-order valence-electron chi connectivity index (χ3n) is 4.15. The molecule has 0 aliphatic carbocycles. The van der Waals surface area contributed by atoms with Gasteiger partial charge >= 0.3 is 0 Å². The summed E-state index contributed by atoms with van der Waals surface area (Å²) in [5.74, 6) is 0. The van der Waals surface area contributed by atoms with Gasteiger partial charge in [-0.1, -0.05) is 18.2 Å². The fourth-order valence-corrected chi connectivity index (χ4v) is 3.10. The zero-order valence-corrected chi connectivity index (χ0v) is 11.9. The first-order valence-electron chi connectivity index (χ1n) is 7.12. The highest BCUT2D eigenvalue weighted by Crippen LogP contribution is 2.25. The van der Waals surface area contributed by atoms with Crippen LogP contribution in [0.1, 0.15) is 42.9 Å². The number of benzene rings is 1. The number of hydrogen-bond acceptors (Lipinski definition) is 2. The first kappa shape index (κ1) is 13.6. The number of nitrogens with two attached hydrogens (primary N) is 1. The van der Waals surface area contributed by atoms with Crippen LogP contribution in [0.25, 0.3) is 0 Å². The van der Waals surface area contributed by atoms with Gasteiger partial charge in [0.15, 0.2) is 0 Å². The van der Waals surface area contributed by atoms with E-state index in [1.807, 2.05) is 0 Å². The van der Waals surface area contributed by atoms with Gasteiger partial charge in [0.1, 0.15) is 0 Å². The molecule has 2 nitrogen and oxygen atoms in total. The Kier molecular flexibility index (Phi) is 4.41. The minimum atomic E-state index is 0.313. The van der Waals surface area contributed by atoms with E-state index in [0.29, 0.717) is 12.1 Å². The molecular formula is C16H26N2. The predicted molar refractivity (Wildman–Crippen MR) is 77.6 cm³/mol. The number of hydrogen-bond donors (Lipinski definition) is 1. The van der Waals surface area contributed by atoms with Crippen molar-refractivity contribution in [3.63, 3.8) is 0 Å². The summed E-state index contributed by atoms with van der Waals surface area (Å²) in [4.78, 5) is 2.62. The van der Waals surface area contributed by atoms with Crippen molar-refractivity contribution < 1.29 is 0 Å². The van der Waals surface area contributed by atoms with Crippen LogP contribution in [0.3, 0.4) is 0 Å². The van der Waals surface area contributed by atoms with Crippen LogP contribution in [0.2, 0.25) is 0 Å². The van der Waals surface area contributed by atoms with Gasteiger partial charge in [-0.2, -0.15) is 0 Å². The maximum absolute atomic E-state index is 5.96. The maximum atomic E-state index is 5.96. The standard InChI is InChI=1S/C16H26N2/c1-12-6-4-7-13(2)16(12)11-18-9-5-8-15(18)10-14(3)17/h4,6-7,14-15H,5,8-11,17H2,1-3H3. The van der Waals surface area contributed by atoms with Gasteiger partial charge in [0, 0.05) is 18.6 Å². The molecule has 100 valence electrons. The lowest BCUT2D eigenvalue weighted by molar-refractivity contribution is 0.226. The van der Waals surface area contributed by atoms with Crippen molar-refractivity contribution in [3.05, 3.63) is 34.9 Å². The summed E-state index contributed by atoms with van der Waals surface area (Å²) in [6, 6.07) is 7.59. The van der Waals surface area contributed by atoms with Crippen LogP contribution in [-0.4, -0.2) is 23.5 Å². The van der Waals surface area contributed by atoms with Gasteiger partial charge in [0.2, 0.25) is 0 Å². The molecule has 1 aromatic rings. The summed E-state index contributed by atoms with van der Waals surface area (Å²) in [7, 11) is 0. The summed E-state index contributed by atoms with van der Waals surface area (Å²) in [6.45, 7) is 8.88. The molecule has 0 saturated carbocycles. The Balaban J connectivity index is 2.08. The van der Waals surface area contributed by atoms with E-state index in [1.54, 1.807) is 0 Å². The monoisotopic (exact) mass is 246 g/mol. The number of rotatable bonds is 4. The van der Waals surface area contributed by atoms with E-state index < -0.39 is 0 Å². The van der Waals surface area contributed by atoms with Gasteiger partial charge in [-0.25, -0.2) is 0 Å². The predicted octanol–water partition coefficient (Wildman–Crippen LogP) is 3.01. The molecule has 2 unspecified atom stereocenters. The molecule has 18 heavy (non-hydrogen) atoms. The summed E-state index contributed by atoms with van der Waals surface area (Å²) in [6.07, 6.45) is 3.76. The minimum Gasteiger partial charge on any atom is -0.328 e. The smallest absolute Gasteiger partial charge is 0.0241 e. The summed E-state index contributed by atoms with van der Waals surface area (Å²) >= 11 is 0. The number of likely N-dealkylation sites (tertiary alicyclic amines) is 1. The SMILES string of the molecule is Cc1cccc(C)c1CN1CCCC1CC(C)N. The highest BCUT2D eigenvalue weighted by molar-refractivity contribution is 5.33. The van der Waals surface area contributed by atoms with E-state index in [4.69, 9.17) is 5.73 Å². The van der Waals surface area contributed by atoms with Crippen molar-refractivity contribution in [2.75, 3.05) is 6.54 Å². The molecule has 1 aliphatic heterocycles. The molecule has 0 amide bonds. The second kappa shape index (κ2) is 5.85. The molecule has 0 radical (unpaired) electrons. The van der Waals surface area contributed by atoms with Crippen LogP contribution in [0.4, 0.5) is 0 Å². The van der Waals surface area contributed by atoms with E-state index in [0.717, 1.165) is 13.0 Å². The molecule has 2 N–H and O–H groups in total. The molecule has 2 rings (SSSR count). The largest absolute Gasteiger partial charge is 0.328 e. The van der Waals surface area contributed by atoms with Crippen molar-refractivity contribution in [3.8, 4) is 0 Å². The van der Waals surface area contributed by atoms with E-state index in [-0.39, 0.29) is 0 Å². The molecule has 0 spiro atoms. The second-order valence-electron chi connectivity index (χ2n) is 5.85. The molecule has 2 atom stereocenters. The summed E-state index contributed by atoms with van der Waals surface area (Å²) < 4.78 is 0. The lowest BCUT2D eigenvalue weighted by Gasteiger charge is -2.27. The molecule has 1 aliphatic rings. The third-order valence-corrected chi connectivity index (χ3v) is 4.15. The Morgan fingerprint density at radius 2 is 2.00 bits per heavy atom. The first-order valence-corrected chi connectivity index (χ1v) is 7.12. The zero-order chi connectivity index (χ0) is 13.1. The van der Waals surface area contributed by atoms with Gasteiger partial charge in [-0.15, -0.1) is 0 Å². The fourth-order valence-electron chi connectivity index (χ4n) is 3.10. The Morgan fingerprint density at radius 3 is 2.61 bits per heavy atom. The normalized spacial score (nSPS) is 22.3. The first-order chi connectivity index (χ1) is 8.58. The maximum Gasteiger partial charge on any atom is 0.0241 e. The van der Waals surface area contributed by atoms with Crippen molar-refractivity contribution in [1.82, 2.24) is 4.90 Å². The van der Waals surface area contributed by atoms with Crippen molar-refractivity contribution in [1.29, 1.82) is 0 Å². The van der Waals surface area contributed by atoms with Crippen LogP contribution in [0, 0.1) is 13.8 Å². The van der Waals surface area contributed by atoms with Crippen LogP contribution in [0.15, 0.2) is 18.2 Å². The van der Waals surface area contributed by atoms with Crippen LogP contribution < -0.4 is 5.73 Å². The highest BCUT2D eigenvalue weighted by Gasteiger charge is 2.25. The zero-order valence-electron chi connectivity index (χ0n) is 11.9. The Hall–Kier alpha value is -0.860. The van der Waals surface area contributed by atoms with Gasteiger partial charge in [-0.05, 0) is 63.3 Å². The Morgan fingerprint density at radius 1 is 1.33 bits per heavy atom. The van der Waals surface area contributed by atoms with Crippen molar-refractivity contribution in [2.45, 2.75) is 58.7 Å². The Bertz CT molecular complexity index is 378. The van der Waals surface area contributed by atoms with Crippen molar-refractivity contribution >= 4 is 0 Å². The van der Waals surface area contributed by atoms with Crippen LogP contribution >= 0.6 is 0 Å². The molecule has 0 bridgehead atoms. The molecule has 1 aromatic carbocycles. The van der Waals surface area contributed by atoms with E-state index in [2.05, 4.69) is 43.9 Å². The minimum absolute atomic E-state index is 0.313. The topological polar surface area (TPSA) is 29.3 Å². The summed E-state index contributed by atoms with van der Waals surface area (Å²) in [5, 5.41) is 0. The lowest BCUT2D eigenvalue weighted by Crippen LogP contribution is -2.34. The molecule has 1 fully saturated rings. The number of nitrogens with zero attached hydrogens (tertiary/aromatic N) is 1. The molecule has 2 heteroatoms. The quantitative estimate of drug-likeness (QED) is 0.885. The van der Waals surface area contributed by atoms with Gasteiger partial charge in [0.25, 0.3) is 0 Å². The average molecular weight is 246 g/mol. The molecule has 0 aromatic heterocycles. The van der Waals surface area contributed by atoms with E-state index in [9.17, 15) is 0 Å². The fraction of sp³-hybridized carbons (Fsp3) is 0.625. The van der Waals surface area contributed by atoms with Gasteiger partial charge < -0.3 is 5.73 Å². The summed E-state index contributed by atoms with van der Waals surface area (Å²) in [5.41, 5.74) is 10.3. The van der Waals surface area contributed by atoms with Gasteiger partial charge in [0.05, 0.1) is 0 Å². The third kappa shape index (κ3) is 3.12. The second-order valence-corrected chi connectivity index (χ2v) is 5.85. The van der Waals surface area contributed by atoms with Crippen LogP contribution in [0.5, 0.6) is 0 Å². The highest BCUT2D eigenvalue weighted by atomic mass is 15.2. The van der Waals surface area contributed by atoms with Crippen LogP contribution in [-0.2, 0) is 6.54 Å². The Labute approximate surface area is 111 Å². The van der Waals surface area contributed by atoms with E-state index in [1.165, 1.54) is 36.1 Å². The number of aryl methyl sites for hydroxylation is 2. The van der Waals surface area contributed by atoms with Gasteiger partial charge in [-0.3, -0.25) is 4.90 Å².